The van der Waals surface area contributed by atoms with Crippen LogP contribution in [0.4, 0.5) is 0 Å². The summed E-state index contributed by atoms with van der Waals surface area (Å²) in [7, 11) is 0. The minimum absolute atomic E-state index is 0.0530. The van der Waals surface area contributed by atoms with Gasteiger partial charge < -0.3 is 9.84 Å². The molecule has 0 bridgehead atoms. The lowest BCUT2D eigenvalue weighted by Gasteiger charge is -2.11. The zero-order chi connectivity index (χ0) is 11.7. The Morgan fingerprint density at radius 2 is 2.25 bits per heavy atom. The molecule has 0 atom stereocenters. The highest BCUT2D eigenvalue weighted by Gasteiger charge is 2.29. The number of ketones is 1. The number of hydrogen-bond donors (Lipinski definition) is 1. The van der Waals surface area contributed by atoms with E-state index in [0.29, 0.717) is 35.5 Å². The average molecular weight is 240 g/mol. The number of Topliss-reactive ketones (excluding diaryl/α,β-unsaturated/α-hetero) is 1. The molecule has 86 valence electrons. The van der Waals surface area contributed by atoms with Gasteiger partial charge in [0.05, 0.1) is 12.2 Å². The molecule has 16 heavy (non-hydrogen) atoms. The number of fused-ring (bicyclic) bond motifs is 1. The van der Waals surface area contributed by atoms with Gasteiger partial charge in [-0.05, 0) is 25.3 Å². The van der Waals surface area contributed by atoms with Crippen molar-refractivity contribution in [2.75, 3.05) is 6.61 Å². The van der Waals surface area contributed by atoms with E-state index in [1.165, 1.54) is 0 Å². The van der Waals surface area contributed by atoms with Gasteiger partial charge in [-0.3, -0.25) is 4.79 Å². The normalized spacial score (nSPS) is 14.7. The van der Waals surface area contributed by atoms with Crippen molar-refractivity contribution in [2.24, 2.45) is 0 Å². The Morgan fingerprint density at radius 3 is 2.94 bits per heavy atom. The minimum atomic E-state index is -0.446. The van der Waals surface area contributed by atoms with Crippen LogP contribution in [0.3, 0.4) is 0 Å². The number of ether oxygens (including phenoxy) is 1. The molecule has 1 heterocycles. The van der Waals surface area contributed by atoms with Gasteiger partial charge in [-0.1, -0.05) is 11.3 Å². The lowest BCUT2D eigenvalue weighted by molar-refractivity contribution is 0.0531. The van der Waals surface area contributed by atoms with Gasteiger partial charge in [-0.2, -0.15) is 0 Å². The van der Waals surface area contributed by atoms with Gasteiger partial charge >= 0.3 is 5.97 Å². The molecule has 0 aromatic carbocycles. The molecule has 1 aromatic rings. The third-order valence-corrected chi connectivity index (χ3v) is 3.57. The van der Waals surface area contributed by atoms with E-state index in [9.17, 15) is 14.7 Å². The summed E-state index contributed by atoms with van der Waals surface area (Å²) in [6, 6.07) is 0. The molecule has 0 unspecified atom stereocenters. The molecule has 1 N–H and O–H groups in total. The first-order valence-corrected chi connectivity index (χ1v) is 6.01. The Bertz CT molecular complexity index is 447. The van der Waals surface area contributed by atoms with Crippen LogP contribution in [0.2, 0.25) is 0 Å². The van der Waals surface area contributed by atoms with E-state index in [1.54, 1.807) is 6.92 Å². The zero-order valence-corrected chi connectivity index (χ0v) is 9.73. The second-order valence-corrected chi connectivity index (χ2v) is 4.59. The molecular formula is C11H12O4S. The van der Waals surface area contributed by atoms with Gasteiger partial charge in [-0.25, -0.2) is 4.79 Å². The summed E-state index contributed by atoms with van der Waals surface area (Å²) >= 11 is 0.942. The van der Waals surface area contributed by atoms with Crippen molar-refractivity contribution in [1.82, 2.24) is 0 Å². The van der Waals surface area contributed by atoms with E-state index >= 15 is 0 Å². The third kappa shape index (κ3) is 1.71. The first kappa shape index (κ1) is 11.1. The second kappa shape index (κ2) is 4.25. The summed E-state index contributed by atoms with van der Waals surface area (Å²) < 4.78 is 4.89. The van der Waals surface area contributed by atoms with Gasteiger partial charge in [-0.15, -0.1) is 0 Å². The molecule has 0 spiro atoms. The molecule has 0 fully saturated rings. The molecule has 2 rings (SSSR count). The van der Waals surface area contributed by atoms with Crippen molar-refractivity contribution in [3.05, 3.63) is 16.0 Å². The maximum atomic E-state index is 11.6. The maximum absolute atomic E-state index is 11.6. The predicted molar refractivity (Wildman–Crippen MR) is 59.2 cm³/mol. The molecule has 1 aromatic heterocycles. The fourth-order valence-corrected chi connectivity index (χ4v) is 2.89. The highest BCUT2D eigenvalue weighted by molar-refractivity contribution is 7.16. The monoisotopic (exact) mass is 240 g/mol. The number of carbonyl (C=O) groups is 2. The van der Waals surface area contributed by atoms with Crippen LogP contribution < -0.4 is 0 Å². The predicted octanol–water partition coefficient (Wildman–Crippen LogP) is 2.15. The number of rotatable bonds is 2. The average Bonchev–Trinajstić information content (AvgIpc) is 2.58. The Labute approximate surface area is 96.9 Å². The number of carbonyl (C=O) groups excluding carboxylic acids is 2. The number of aromatic hydroxyl groups is 1. The Balaban J connectivity index is 2.45. The van der Waals surface area contributed by atoms with Gasteiger partial charge in [0.25, 0.3) is 0 Å². The number of hydrogen-bond acceptors (Lipinski definition) is 5. The largest absolute Gasteiger partial charge is 0.499 e. The first-order valence-electron chi connectivity index (χ1n) is 5.20. The Kier molecular flexibility index (Phi) is 2.96. The minimum Gasteiger partial charge on any atom is -0.499 e. The topological polar surface area (TPSA) is 63.6 Å². The Hall–Kier alpha value is -1.36. The quantitative estimate of drug-likeness (QED) is 0.804. The number of thiophene rings is 1. The van der Waals surface area contributed by atoms with E-state index in [0.717, 1.165) is 17.8 Å². The zero-order valence-electron chi connectivity index (χ0n) is 8.91. The second-order valence-electron chi connectivity index (χ2n) is 3.59. The van der Waals surface area contributed by atoms with Gasteiger partial charge in [0, 0.05) is 6.42 Å². The Morgan fingerprint density at radius 1 is 1.50 bits per heavy atom. The fourth-order valence-electron chi connectivity index (χ4n) is 1.89. The highest BCUT2D eigenvalue weighted by Crippen LogP contribution is 2.39. The molecule has 1 aliphatic rings. The molecular weight excluding hydrogens is 228 g/mol. The summed E-state index contributed by atoms with van der Waals surface area (Å²) in [5.74, 6) is -0.524. The first-order chi connectivity index (χ1) is 7.65. The van der Waals surface area contributed by atoms with Crippen LogP contribution >= 0.6 is 11.3 Å². The van der Waals surface area contributed by atoms with Gasteiger partial charge in [0.2, 0.25) is 0 Å². The molecule has 0 amide bonds. The summed E-state index contributed by atoms with van der Waals surface area (Å²) in [6.07, 6.45) is 1.83. The van der Waals surface area contributed by atoms with E-state index in [2.05, 4.69) is 0 Å². The third-order valence-electron chi connectivity index (χ3n) is 2.56. The van der Waals surface area contributed by atoms with Crippen molar-refractivity contribution in [1.29, 1.82) is 0 Å². The molecule has 0 saturated carbocycles. The summed E-state index contributed by atoms with van der Waals surface area (Å²) in [5, 5.41) is 9.60. The molecule has 5 heteroatoms. The molecule has 4 nitrogen and oxygen atoms in total. The van der Waals surface area contributed by atoms with E-state index in [-0.39, 0.29) is 10.8 Å². The van der Waals surface area contributed by atoms with Crippen LogP contribution in [0.5, 0.6) is 5.06 Å². The summed E-state index contributed by atoms with van der Waals surface area (Å²) in [5.41, 5.74) is 0.997. The van der Waals surface area contributed by atoms with Crippen LogP contribution in [0.25, 0.3) is 0 Å². The van der Waals surface area contributed by atoms with Gasteiger partial charge in [0.15, 0.2) is 10.8 Å². The lowest BCUT2D eigenvalue weighted by Crippen LogP contribution is -2.12. The SMILES string of the molecule is CCOC(=O)c1sc(O)c2c1CCCC2=O. The van der Waals surface area contributed by atoms with Crippen molar-refractivity contribution < 1.29 is 19.4 Å². The van der Waals surface area contributed by atoms with E-state index in [4.69, 9.17) is 4.74 Å². The molecule has 1 aliphatic carbocycles. The maximum Gasteiger partial charge on any atom is 0.348 e. The number of esters is 1. The van der Waals surface area contributed by atoms with Crippen molar-refractivity contribution in [3.63, 3.8) is 0 Å². The fraction of sp³-hybridized carbons (Fsp3) is 0.455. The standard InChI is InChI=1S/C11H12O4S/c1-2-15-10(13)9-6-4-3-5-7(12)8(6)11(14)16-9/h14H,2-5H2,1H3. The van der Waals surface area contributed by atoms with Crippen molar-refractivity contribution >= 4 is 23.1 Å². The molecule has 0 saturated heterocycles. The summed E-state index contributed by atoms with van der Waals surface area (Å²) in [4.78, 5) is 23.6. The van der Waals surface area contributed by atoms with Crippen LogP contribution in [0, 0.1) is 0 Å². The van der Waals surface area contributed by atoms with Gasteiger partial charge in [0.1, 0.15) is 4.88 Å². The molecule has 0 aliphatic heterocycles. The van der Waals surface area contributed by atoms with Crippen LogP contribution in [0.15, 0.2) is 0 Å². The van der Waals surface area contributed by atoms with Crippen LogP contribution in [-0.2, 0) is 11.2 Å². The van der Waals surface area contributed by atoms with E-state index < -0.39 is 5.97 Å². The van der Waals surface area contributed by atoms with Crippen molar-refractivity contribution in [3.8, 4) is 5.06 Å². The highest BCUT2D eigenvalue weighted by atomic mass is 32.1. The summed E-state index contributed by atoms with van der Waals surface area (Å²) in [6.45, 7) is 2.02. The van der Waals surface area contributed by atoms with Crippen molar-refractivity contribution in [2.45, 2.75) is 26.2 Å². The smallest absolute Gasteiger partial charge is 0.348 e. The van der Waals surface area contributed by atoms with Crippen LogP contribution in [-0.4, -0.2) is 23.5 Å². The van der Waals surface area contributed by atoms with Crippen LogP contribution in [0.1, 0.15) is 45.4 Å². The van der Waals surface area contributed by atoms with E-state index in [1.807, 2.05) is 0 Å². The molecule has 0 radical (unpaired) electrons. The lowest BCUT2D eigenvalue weighted by atomic mass is 9.92.